The number of unbranched alkanes of at least 4 members (excludes halogenated alkanes) is 4. The largest absolute Gasteiger partial charge is 0.416 e. The summed E-state index contributed by atoms with van der Waals surface area (Å²) in [6, 6.07) is 41.4. The molecule has 0 bridgehead atoms. The van der Waals surface area contributed by atoms with Gasteiger partial charge in [0.2, 0.25) is 0 Å². The molecule has 2 aliphatic carbocycles. The number of carbonyl (C=O) groups excluding carboxylic acids is 4. The predicted octanol–water partition coefficient (Wildman–Crippen LogP) is 21.9. The minimum absolute atomic E-state index is 0.0252. The van der Waals surface area contributed by atoms with E-state index in [-0.39, 0.29) is 29.8 Å². The number of nitrogens with zero attached hydrogens (tertiary/aromatic N) is 16. The lowest BCUT2D eigenvalue weighted by atomic mass is 10.1. The van der Waals surface area contributed by atoms with E-state index in [1.807, 2.05) is 143 Å². The van der Waals surface area contributed by atoms with E-state index < -0.39 is 17.6 Å². The first-order valence-electron chi connectivity index (χ1n) is 41.1. The normalized spacial score (nSPS) is 13.0. The maximum Gasteiger partial charge on any atom is 0.416 e. The Balaban J connectivity index is 0.000000152. The van der Waals surface area contributed by atoms with Gasteiger partial charge in [-0.2, -0.15) is 13.2 Å². The van der Waals surface area contributed by atoms with Gasteiger partial charge in [0.15, 0.2) is 22.6 Å². The average Bonchev–Trinajstić information content (AvgIpc) is 1.64. The zero-order chi connectivity index (χ0) is 82.3. The van der Waals surface area contributed by atoms with E-state index in [4.69, 9.17) is 38.2 Å². The molecule has 4 aromatic carbocycles. The smallest absolute Gasteiger partial charge is 0.331 e. The number of pyridine rings is 4. The topological polar surface area (TPSA) is 204 Å². The number of benzene rings is 4. The number of halogens is 6. The van der Waals surface area contributed by atoms with E-state index in [0.29, 0.717) is 84.9 Å². The molecule has 2 fully saturated rings. The van der Waals surface area contributed by atoms with Crippen LogP contribution in [0.1, 0.15) is 245 Å². The number of aryl methyl sites for hydroxylation is 3. The third-order valence-electron chi connectivity index (χ3n) is 21.0. The summed E-state index contributed by atoms with van der Waals surface area (Å²) in [6.07, 6.45) is 21.6. The molecule has 612 valence electrons. The van der Waals surface area contributed by atoms with Crippen molar-refractivity contribution in [3.63, 3.8) is 0 Å². The zero-order valence-corrected chi connectivity index (χ0v) is 70.7. The standard InChI is InChI=1S/C24H29BrN4O.C23H26Cl2N4O.C22H25F3N4O.C21H26N4O/c1-2-3-8-16-28(24(30)19-12-6-7-13-20(19)25)17-22-27-21-14-9-15-26-23(21)29(22)18-10-4-5-11-18;1-2-3-14-28(23(30)17-10-6-11-18(24)21(17)25)15-20-27-19-12-7-13-26-22(19)29(20)16-8-4-5-9-16;1-3-5-13-28(21(30)16-8-6-9-17(14-16)22(23,24)25)15-19-27-18-10-7-11-26-20(18)29(19)12-4-2;1-4-12-24(21(26)17-9-6-8-16(3)14-17)15-19-23-18-10-7-11-22-20(18)25(19)13-5-2/h6-7,9,12-15,18H,2-5,8,10-11,16-17H2,1H3;6-7,10-13,16H,2-5,8-9,14-15H2,1H3;6-11,14H,3-5,12-13,15H2,1-2H3;6-11,14H,4-5,12-13,15H2,1-3H3. The summed E-state index contributed by atoms with van der Waals surface area (Å²) in [5.74, 6) is 2.98. The van der Waals surface area contributed by atoms with Gasteiger partial charge in [-0.05, 0) is 190 Å². The molecule has 8 aromatic heterocycles. The van der Waals surface area contributed by atoms with Crippen molar-refractivity contribution in [2.75, 3.05) is 26.2 Å². The molecule has 26 heteroatoms. The molecule has 0 spiro atoms. The minimum Gasteiger partial charge on any atom is -0.331 e. The molecule has 2 saturated carbocycles. The fourth-order valence-electron chi connectivity index (χ4n) is 15.3. The monoisotopic (exact) mass is 1680 g/mol. The van der Waals surface area contributed by atoms with Crippen molar-refractivity contribution in [2.24, 2.45) is 0 Å². The second-order valence-corrected chi connectivity index (χ2v) is 31.4. The quantitative estimate of drug-likeness (QED) is 0.0386. The van der Waals surface area contributed by atoms with Crippen LogP contribution in [-0.2, 0) is 45.4 Å². The SMILES string of the molecule is CCCCCN(Cc1nc2cccnc2n1C1CCCC1)C(=O)c1ccccc1Br.CCCCN(Cc1nc2cccnc2n1C1CCCC1)C(=O)c1cccc(Cl)c1Cl.CCCCN(Cc1nc2cccnc2n1CCC)C(=O)c1cccc(C(F)(F)F)c1.CCCN(Cc1nc2cccnc2n1CCC)C(=O)c1cccc(C)c1. The second kappa shape index (κ2) is 42.3. The molecule has 2 aliphatic rings. The van der Waals surface area contributed by atoms with Crippen LogP contribution in [0.25, 0.3) is 44.7 Å². The number of amides is 4. The number of alkyl halides is 3. The molecule has 4 amide bonds. The van der Waals surface area contributed by atoms with Crippen LogP contribution in [-0.4, -0.2) is 128 Å². The van der Waals surface area contributed by atoms with E-state index in [1.54, 1.807) is 41.6 Å². The molecule has 0 N–H and O–H groups in total. The van der Waals surface area contributed by atoms with Crippen LogP contribution >= 0.6 is 39.1 Å². The predicted molar refractivity (Wildman–Crippen MR) is 458 cm³/mol. The highest BCUT2D eigenvalue weighted by molar-refractivity contribution is 9.10. The van der Waals surface area contributed by atoms with Gasteiger partial charge in [-0.15, -0.1) is 0 Å². The van der Waals surface area contributed by atoms with Crippen molar-refractivity contribution >= 4 is 107 Å². The van der Waals surface area contributed by atoms with Crippen LogP contribution in [0, 0.1) is 6.92 Å². The molecule has 12 aromatic rings. The first-order chi connectivity index (χ1) is 56.3. The van der Waals surface area contributed by atoms with Gasteiger partial charge >= 0.3 is 6.18 Å². The van der Waals surface area contributed by atoms with Crippen molar-refractivity contribution in [3.05, 3.63) is 236 Å². The molecule has 0 atom stereocenters. The van der Waals surface area contributed by atoms with E-state index in [9.17, 15) is 32.3 Å². The Morgan fingerprint density at radius 2 is 0.836 bits per heavy atom. The molecule has 0 unspecified atom stereocenters. The number of hydrogen-bond acceptors (Lipinski definition) is 12. The lowest BCUT2D eigenvalue weighted by Crippen LogP contribution is -2.33. The van der Waals surface area contributed by atoms with Crippen LogP contribution in [0.3, 0.4) is 0 Å². The van der Waals surface area contributed by atoms with E-state index in [2.05, 4.69) is 82.2 Å². The van der Waals surface area contributed by atoms with Gasteiger partial charge in [0.05, 0.1) is 52.9 Å². The Hall–Kier alpha value is -9.91. The fourth-order valence-corrected chi connectivity index (χ4v) is 16.1. The summed E-state index contributed by atoms with van der Waals surface area (Å²) in [5.41, 5.74) is 9.07. The molecule has 20 nitrogen and oxygen atoms in total. The van der Waals surface area contributed by atoms with Crippen LogP contribution in [0.15, 0.2) is 169 Å². The van der Waals surface area contributed by atoms with Crippen LogP contribution in [0.2, 0.25) is 10.0 Å². The maximum absolute atomic E-state index is 13.5. The summed E-state index contributed by atoms with van der Waals surface area (Å²) >= 11 is 16.1. The first kappa shape index (κ1) is 86.9. The van der Waals surface area contributed by atoms with Gasteiger partial charge in [-0.25, -0.2) is 39.9 Å². The Morgan fingerprint density at radius 1 is 0.431 bits per heavy atom. The van der Waals surface area contributed by atoms with Crippen molar-refractivity contribution in [2.45, 2.75) is 222 Å². The van der Waals surface area contributed by atoms with Gasteiger partial charge in [-0.1, -0.05) is 158 Å². The highest BCUT2D eigenvalue weighted by Gasteiger charge is 2.33. The van der Waals surface area contributed by atoms with Crippen molar-refractivity contribution in [3.8, 4) is 0 Å². The fraction of sp³-hybridized carbons (Fsp3) is 0.422. The highest BCUT2D eigenvalue weighted by Crippen LogP contribution is 2.37. The highest BCUT2D eigenvalue weighted by atomic mass is 79.9. The Morgan fingerprint density at radius 3 is 1.30 bits per heavy atom. The van der Waals surface area contributed by atoms with E-state index in [1.165, 1.54) is 37.8 Å². The molecule has 116 heavy (non-hydrogen) atoms. The van der Waals surface area contributed by atoms with Crippen LogP contribution in [0.5, 0.6) is 0 Å². The number of hydrogen-bond donors (Lipinski definition) is 0. The number of rotatable bonds is 30. The van der Waals surface area contributed by atoms with E-state index >= 15 is 0 Å². The minimum atomic E-state index is -4.49. The second-order valence-electron chi connectivity index (χ2n) is 29.8. The third kappa shape index (κ3) is 21.8. The lowest BCUT2D eigenvalue weighted by Gasteiger charge is -2.25. The summed E-state index contributed by atoms with van der Waals surface area (Å²) in [7, 11) is 0. The van der Waals surface area contributed by atoms with E-state index in [0.717, 1.165) is 193 Å². The van der Waals surface area contributed by atoms with Crippen LogP contribution in [0.4, 0.5) is 13.2 Å². The van der Waals surface area contributed by atoms with Gasteiger partial charge in [0.25, 0.3) is 23.6 Å². The van der Waals surface area contributed by atoms with Gasteiger partial charge in [0, 0.05) is 91.7 Å². The number of carbonyl (C=O) groups is 4. The zero-order valence-electron chi connectivity index (χ0n) is 67.6. The third-order valence-corrected chi connectivity index (χ3v) is 22.5. The molecule has 0 radical (unpaired) electrons. The van der Waals surface area contributed by atoms with Gasteiger partial charge in [-0.3, -0.25) is 19.2 Å². The molecule has 8 heterocycles. The number of imidazole rings is 4. The molecule has 0 saturated heterocycles. The summed E-state index contributed by atoms with van der Waals surface area (Å²) < 4.78 is 48.8. The van der Waals surface area contributed by atoms with Crippen molar-refractivity contribution < 1.29 is 32.3 Å². The first-order valence-corrected chi connectivity index (χ1v) is 42.7. The summed E-state index contributed by atoms with van der Waals surface area (Å²) in [4.78, 5) is 97.6. The number of fused-ring (bicyclic) bond motifs is 4. The molecule has 0 aliphatic heterocycles. The summed E-state index contributed by atoms with van der Waals surface area (Å²) in [5, 5.41) is 0.692. The van der Waals surface area contributed by atoms with Crippen LogP contribution < -0.4 is 0 Å². The molecule has 14 rings (SSSR count). The Bertz CT molecular complexity index is 5260. The molecular weight excluding hydrogens is 1580 g/mol. The molecular formula is C90H106BrCl2F3N16O4. The number of aromatic nitrogens is 12. The summed E-state index contributed by atoms with van der Waals surface area (Å²) in [6.45, 7) is 20.3. The lowest BCUT2D eigenvalue weighted by molar-refractivity contribution is -0.137. The van der Waals surface area contributed by atoms with Gasteiger partial charge < -0.3 is 37.9 Å². The van der Waals surface area contributed by atoms with Gasteiger partial charge in [0.1, 0.15) is 45.4 Å². The Kier molecular flexibility index (Phi) is 31.7. The Labute approximate surface area is 696 Å². The maximum atomic E-state index is 13.5. The average molecular weight is 1680 g/mol. The van der Waals surface area contributed by atoms with Crippen molar-refractivity contribution in [1.82, 2.24) is 77.7 Å². The van der Waals surface area contributed by atoms with Crippen molar-refractivity contribution in [1.29, 1.82) is 0 Å².